The van der Waals surface area contributed by atoms with E-state index in [1.165, 1.54) is 11.3 Å². The first-order chi connectivity index (χ1) is 11.7. The maximum Gasteiger partial charge on any atom is 0.271 e. The molecule has 0 radical (unpaired) electrons. The predicted molar refractivity (Wildman–Crippen MR) is 101 cm³/mol. The summed E-state index contributed by atoms with van der Waals surface area (Å²) in [4.78, 5) is 20.1. The van der Waals surface area contributed by atoms with Crippen molar-refractivity contribution in [3.8, 4) is 0 Å². The van der Waals surface area contributed by atoms with Crippen molar-refractivity contribution in [3.05, 3.63) is 84.3 Å². The Hall–Kier alpha value is -2.18. The van der Waals surface area contributed by atoms with Gasteiger partial charge in [0.15, 0.2) is 4.80 Å². The molecule has 24 heavy (non-hydrogen) atoms. The van der Waals surface area contributed by atoms with Gasteiger partial charge in [0.1, 0.15) is 13.3 Å². The number of halogens is 1. The van der Waals surface area contributed by atoms with E-state index in [-0.39, 0.29) is 5.56 Å². The summed E-state index contributed by atoms with van der Waals surface area (Å²) in [6.45, 7) is 1.09. The fourth-order valence-electron chi connectivity index (χ4n) is 2.63. The Labute approximate surface area is 151 Å². The highest BCUT2D eigenvalue weighted by Gasteiger charge is 2.15. The molecule has 0 saturated heterocycles. The van der Waals surface area contributed by atoms with Crippen LogP contribution in [-0.4, -0.2) is 11.2 Å². The van der Waals surface area contributed by atoms with Crippen molar-refractivity contribution >= 4 is 39.0 Å². The first kappa shape index (κ1) is 15.4. The van der Waals surface area contributed by atoms with Gasteiger partial charge in [-0.1, -0.05) is 57.6 Å². The van der Waals surface area contributed by atoms with Crippen LogP contribution in [0.4, 0.5) is 5.69 Å². The van der Waals surface area contributed by atoms with Crippen molar-refractivity contribution in [2.24, 2.45) is 4.99 Å². The lowest BCUT2D eigenvalue weighted by Gasteiger charge is -2.25. The Morgan fingerprint density at radius 1 is 1.08 bits per heavy atom. The molecule has 3 aromatic rings. The molecule has 1 aliphatic heterocycles. The van der Waals surface area contributed by atoms with Gasteiger partial charge >= 0.3 is 0 Å². The number of nitrogens with zero attached hydrogens (tertiary/aromatic N) is 3. The van der Waals surface area contributed by atoms with E-state index >= 15 is 0 Å². The fourth-order valence-corrected chi connectivity index (χ4v) is 3.85. The van der Waals surface area contributed by atoms with E-state index in [1.54, 1.807) is 4.57 Å². The van der Waals surface area contributed by atoms with Crippen molar-refractivity contribution in [3.63, 3.8) is 0 Å². The van der Waals surface area contributed by atoms with Crippen molar-refractivity contribution in [2.45, 2.75) is 6.67 Å². The standard InChI is InChI=1S/C18H14BrN3OS/c19-14-6-8-15(9-7-14)21-11-20-18-22(12-21)17(23)16(24-18)10-13-4-2-1-3-5-13/h1-10H,11-12H2/b16-10+. The second-order valence-electron chi connectivity index (χ2n) is 5.49. The average Bonchev–Trinajstić information content (AvgIpc) is 2.92. The second-order valence-corrected chi connectivity index (χ2v) is 7.42. The third-order valence-electron chi connectivity index (χ3n) is 3.87. The van der Waals surface area contributed by atoms with E-state index in [4.69, 9.17) is 0 Å². The van der Waals surface area contributed by atoms with Gasteiger partial charge in [0.25, 0.3) is 5.56 Å². The molecule has 6 heteroatoms. The SMILES string of the molecule is O=c1/c(=C\c2ccccc2)sc2n1CN(c1ccc(Br)cc1)CN=2. The van der Waals surface area contributed by atoms with Crippen LogP contribution in [0.1, 0.15) is 5.56 Å². The van der Waals surface area contributed by atoms with Crippen LogP contribution in [-0.2, 0) is 6.67 Å². The number of thiazole rings is 1. The molecule has 2 heterocycles. The maximum atomic E-state index is 12.7. The minimum atomic E-state index is 0.0180. The van der Waals surface area contributed by atoms with E-state index in [0.717, 1.165) is 25.1 Å². The third kappa shape index (κ3) is 2.95. The van der Waals surface area contributed by atoms with Gasteiger partial charge in [0, 0.05) is 10.2 Å². The summed E-state index contributed by atoms with van der Waals surface area (Å²) in [6, 6.07) is 17.9. The zero-order valence-electron chi connectivity index (χ0n) is 12.7. The molecule has 2 aromatic carbocycles. The molecular formula is C18H14BrN3OS. The fraction of sp³-hybridized carbons (Fsp3) is 0.111. The van der Waals surface area contributed by atoms with Gasteiger partial charge in [0.2, 0.25) is 0 Å². The molecule has 1 aliphatic rings. The van der Waals surface area contributed by atoms with Crippen molar-refractivity contribution in [2.75, 3.05) is 11.6 Å². The largest absolute Gasteiger partial charge is 0.334 e. The highest BCUT2D eigenvalue weighted by Crippen LogP contribution is 2.19. The second kappa shape index (κ2) is 6.37. The molecule has 0 fully saturated rings. The van der Waals surface area contributed by atoms with E-state index in [9.17, 15) is 4.79 Å². The smallest absolute Gasteiger partial charge is 0.271 e. The molecule has 120 valence electrons. The Morgan fingerprint density at radius 3 is 2.58 bits per heavy atom. The number of aromatic nitrogens is 1. The number of rotatable bonds is 2. The summed E-state index contributed by atoms with van der Waals surface area (Å²) in [7, 11) is 0. The van der Waals surface area contributed by atoms with Gasteiger partial charge in [-0.05, 0) is 35.9 Å². The minimum Gasteiger partial charge on any atom is -0.334 e. The molecule has 4 nitrogen and oxygen atoms in total. The van der Waals surface area contributed by atoms with Crippen molar-refractivity contribution in [1.29, 1.82) is 0 Å². The van der Waals surface area contributed by atoms with Gasteiger partial charge < -0.3 is 4.90 Å². The van der Waals surface area contributed by atoms with Gasteiger partial charge in [-0.15, -0.1) is 0 Å². The van der Waals surface area contributed by atoms with E-state index in [1.807, 2.05) is 60.7 Å². The van der Waals surface area contributed by atoms with Gasteiger partial charge in [0.05, 0.1) is 4.53 Å². The first-order valence-corrected chi connectivity index (χ1v) is 9.13. The Bertz CT molecular complexity index is 1040. The maximum absolute atomic E-state index is 12.7. The molecule has 0 unspecified atom stereocenters. The highest BCUT2D eigenvalue weighted by atomic mass is 79.9. The molecule has 0 bridgehead atoms. The quantitative estimate of drug-likeness (QED) is 0.663. The zero-order chi connectivity index (χ0) is 16.5. The van der Waals surface area contributed by atoms with Crippen LogP contribution < -0.4 is 19.8 Å². The summed E-state index contributed by atoms with van der Waals surface area (Å²) < 4.78 is 3.50. The number of hydrogen-bond acceptors (Lipinski definition) is 4. The Balaban J connectivity index is 1.71. The molecule has 0 atom stereocenters. The summed E-state index contributed by atoms with van der Waals surface area (Å²) >= 11 is 4.89. The normalized spacial score (nSPS) is 14.4. The molecule has 0 N–H and O–H groups in total. The Morgan fingerprint density at radius 2 is 1.83 bits per heavy atom. The van der Waals surface area contributed by atoms with Crippen LogP contribution in [0.15, 0.2) is 68.9 Å². The summed E-state index contributed by atoms with van der Waals surface area (Å²) in [6.07, 6.45) is 1.93. The molecule has 0 saturated carbocycles. The molecule has 4 rings (SSSR count). The number of fused-ring (bicyclic) bond motifs is 1. The molecule has 1 aromatic heterocycles. The molecule has 0 spiro atoms. The first-order valence-electron chi connectivity index (χ1n) is 7.52. The number of anilines is 1. The lowest BCUT2D eigenvalue weighted by Crippen LogP contribution is -2.42. The molecule has 0 aliphatic carbocycles. The Kier molecular flexibility index (Phi) is 4.08. The molecule has 0 amide bonds. The zero-order valence-corrected chi connectivity index (χ0v) is 15.1. The number of hydrogen-bond donors (Lipinski definition) is 0. The van der Waals surface area contributed by atoms with Crippen LogP contribution in [0.2, 0.25) is 0 Å². The minimum absolute atomic E-state index is 0.0180. The lowest BCUT2D eigenvalue weighted by atomic mass is 10.2. The summed E-state index contributed by atoms with van der Waals surface area (Å²) in [5.41, 5.74) is 2.10. The topological polar surface area (TPSA) is 37.6 Å². The number of benzene rings is 2. The van der Waals surface area contributed by atoms with E-state index < -0.39 is 0 Å². The summed E-state index contributed by atoms with van der Waals surface area (Å²) in [5, 5.41) is 0. The van der Waals surface area contributed by atoms with Gasteiger partial charge in [-0.2, -0.15) is 0 Å². The van der Waals surface area contributed by atoms with Gasteiger partial charge in [-0.25, -0.2) is 4.99 Å². The van der Waals surface area contributed by atoms with E-state index in [0.29, 0.717) is 13.3 Å². The third-order valence-corrected chi connectivity index (χ3v) is 5.44. The lowest BCUT2D eigenvalue weighted by molar-refractivity contribution is 0.569. The van der Waals surface area contributed by atoms with Crippen molar-refractivity contribution < 1.29 is 0 Å². The van der Waals surface area contributed by atoms with Crippen LogP contribution in [0.5, 0.6) is 0 Å². The molecular weight excluding hydrogens is 386 g/mol. The van der Waals surface area contributed by atoms with Gasteiger partial charge in [-0.3, -0.25) is 9.36 Å². The monoisotopic (exact) mass is 399 g/mol. The summed E-state index contributed by atoms with van der Waals surface area (Å²) in [5.74, 6) is 0. The predicted octanol–water partition coefficient (Wildman–Crippen LogP) is 2.56. The highest BCUT2D eigenvalue weighted by molar-refractivity contribution is 9.10. The average molecular weight is 400 g/mol. The van der Waals surface area contributed by atoms with Crippen LogP contribution in [0.25, 0.3) is 6.08 Å². The van der Waals surface area contributed by atoms with Crippen molar-refractivity contribution in [1.82, 2.24) is 4.57 Å². The van der Waals surface area contributed by atoms with E-state index in [2.05, 4.69) is 25.8 Å². The van der Waals surface area contributed by atoms with Crippen LogP contribution in [0, 0.1) is 0 Å². The van der Waals surface area contributed by atoms with Crippen LogP contribution in [0.3, 0.4) is 0 Å². The van der Waals surface area contributed by atoms with Crippen LogP contribution >= 0.6 is 27.3 Å².